The molecule has 12 nitrogen and oxygen atoms in total. The van der Waals surface area contributed by atoms with Crippen molar-refractivity contribution in [2.45, 2.75) is 47.2 Å². The van der Waals surface area contributed by atoms with Crippen LogP contribution in [0.4, 0.5) is 5.13 Å². The summed E-state index contributed by atoms with van der Waals surface area (Å²) in [4.78, 5) is 54.7. The largest absolute Gasteiger partial charge is 0.477 e. The summed E-state index contributed by atoms with van der Waals surface area (Å²) >= 11 is 10.3. The van der Waals surface area contributed by atoms with Crippen molar-refractivity contribution in [3.05, 3.63) is 44.7 Å². The third-order valence-corrected chi connectivity index (χ3v) is 10.3. The number of β-lactam (4-membered cyclic amide) rings is 1. The van der Waals surface area contributed by atoms with Gasteiger partial charge in [-0.3, -0.25) is 19.5 Å². The number of amides is 2. The van der Waals surface area contributed by atoms with E-state index in [0.29, 0.717) is 28.7 Å². The highest BCUT2D eigenvalue weighted by atomic mass is 35.5. The van der Waals surface area contributed by atoms with Crippen LogP contribution in [0.5, 0.6) is 0 Å². The molecule has 2 aromatic rings. The van der Waals surface area contributed by atoms with Gasteiger partial charge in [-0.05, 0) is 37.9 Å². The van der Waals surface area contributed by atoms with Crippen molar-refractivity contribution in [1.82, 2.24) is 25.5 Å². The molecule has 0 radical (unpaired) electrons. The van der Waals surface area contributed by atoms with Gasteiger partial charge in [-0.25, -0.2) is 9.78 Å². The predicted octanol–water partition coefficient (Wildman–Crippen LogP) is 2.30. The van der Waals surface area contributed by atoms with Gasteiger partial charge in [-0.2, -0.15) is 11.8 Å². The van der Waals surface area contributed by atoms with Gasteiger partial charge in [0, 0.05) is 33.5 Å². The third-order valence-electron chi connectivity index (χ3n) is 6.66. The molecule has 0 spiro atoms. The molecule has 0 saturated carbocycles. The van der Waals surface area contributed by atoms with Crippen LogP contribution in [0.2, 0.25) is 4.34 Å². The van der Waals surface area contributed by atoms with E-state index in [9.17, 15) is 19.5 Å². The van der Waals surface area contributed by atoms with E-state index in [0.717, 1.165) is 41.4 Å². The first-order valence-electron chi connectivity index (χ1n) is 12.4. The van der Waals surface area contributed by atoms with Gasteiger partial charge in [-0.15, -0.1) is 0 Å². The van der Waals surface area contributed by atoms with Crippen molar-refractivity contribution < 1.29 is 24.3 Å². The summed E-state index contributed by atoms with van der Waals surface area (Å²) in [5, 5.41) is 20.5. The highest BCUT2D eigenvalue weighted by Gasteiger charge is 2.54. The number of hydrogen-bond acceptors (Lipinski definition) is 12. The van der Waals surface area contributed by atoms with E-state index < -0.39 is 29.9 Å². The Labute approximate surface area is 247 Å². The number of carbonyl (C=O) groups excluding carboxylic acids is 2. The molecule has 0 aromatic carbocycles. The summed E-state index contributed by atoms with van der Waals surface area (Å²) in [6.07, 6.45) is 3.73. The molecule has 0 bridgehead atoms. The Morgan fingerprint density at radius 1 is 1.43 bits per heavy atom. The Kier molecular flexibility index (Phi) is 8.85. The Hall–Kier alpha value is -2.85. The maximum atomic E-state index is 13.2. The predicted molar refractivity (Wildman–Crippen MR) is 154 cm³/mol. The normalized spacial score (nSPS) is 22.6. The number of fused-ring (bicyclic) bond motifs is 1. The summed E-state index contributed by atoms with van der Waals surface area (Å²) in [7, 11) is 1.26. The second-order valence-electron chi connectivity index (χ2n) is 9.12. The Morgan fingerprint density at radius 2 is 2.25 bits per heavy atom. The summed E-state index contributed by atoms with van der Waals surface area (Å²) in [6, 6.07) is 2.29. The van der Waals surface area contributed by atoms with Crippen molar-refractivity contribution in [2.24, 2.45) is 5.16 Å². The molecule has 5 N–H and O–H groups in total. The summed E-state index contributed by atoms with van der Waals surface area (Å²) in [5.74, 6) is -1.74. The lowest BCUT2D eigenvalue weighted by Crippen LogP contribution is -2.72. The number of pyridine rings is 1. The van der Waals surface area contributed by atoms with Crippen LogP contribution in [0.15, 0.2) is 39.0 Å². The first kappa shape index (κ1) is 28.7. The fraction of sp³-hybridized carbons (Fsp3) is 0.417. The first-order valence-corrected chi connectivity index (χ1v) is 15.4. The third kappa shape index (κ3) is 5.79. The number of carboxylic acids is 1. The van der Waals surface area contributed by atoms with Crippen molar-refractivity contribution in [1.29, 1.82) is 0 Å². The number of hydrogen-bond donors (Lipinski definition) is 4. The molecule has 16 heteroatoms. The molecule has 2 saturated heterocycles. The van der Waals surface area contributed by atoms with Gasteiger partial charge in [0.15, 0.2) is 10.8 Å². The zero-order valence-corrected chi connectivity index (χ0v) is 24.5. The fourth-order valence-corrected chi connectivity index (χ4v) is 8.13. The average Bonchev–Trinajstić information content (AvgIpc) is 3.58. The molecule has 0 aliphatic carbocycles. The van der Waals surface area contributed by atoms with E-state index in [4.69, 9.17) is 22.2 Å². The number of nitrogen functional groups attached to an aromatic ring is 1. The van der Waals surface area contributed by atoms with Crippen LogP contribution < -0.4 is 16.4 Å². The van der Waals surface area contributed by atoms with Crippen molar-refractivity contribution in [3.8, 4) is 0 Å². The minimum absolute atomic E-state index is 0.0372. The second-order valence-corrected chi connectivity index (χ2v) is 13.2. The molecule has 3 aliphatic heterocycles. The Bertz CT molecular complexity index is 1390. The zero-order valence-electron chi connectivity index (χ0n) is 21.3. The molecule has 40 heavy (non-hydrogen) atoms. The van der Waals surface area contributed by atoms with E-state index in [1.807, 2.05) is 23.9 Å². The van der Waals surface area contributed by atoms with Crippen molar-refractivity contribution in [3.63, 3.8) is 0 Å². The number of oxime groups is 1. The van der Waals surface area contributed by atoms with E-state index in [1.54, 1.807) is 6.20 Å². The van der Waals surface area contributed by atoms with Crippen LogP contribution in [-0.2, 0) is 25.0 Å². The maximum Gasteiger partial charge on any atom is 0.353 e. The molecule has 2 fully saturated rings. The Morgan fingerprint density at radius 3 is 2.92 bits per heavy atom. The lowest BCUT2D eigenvalue weighted by Gasteiger charge is -2.50. The highest BCUT2D eigenvalue weighted by molar-refractivity contribution is 8.03. The topological polar surface area (TPSA) is 172 Å². The number of aromatic nitrogens is 2. The van der Waals surface area contributed by atoms with Crippen LogP contribution in [0, 0.1) is 0 Å². The molecule has 3 aliphatic rings. The van der Waals surface area contributed by atoms with Crippen LogP contribution in [0.1, 0.15) is 30.7 Å². The molecule has 5 rings (SSSR count). The minimum Gasteiger partial charge on any atom is -0.477 e. The molecule has 2 aromatic heterocycles. The zero-order chi connectivity index (χ0) is 28.4. The van der Waals surface area contributed by atoms with E-state index in [-0.39, 0.29) is 26.6 Å². The number of anilines is 1. The SMILES string of the molecule is CO/N=C(\C(=O)NC1C(=O)N2C(C(=O)O)=C(Sc3cccnc3CSC3CCNC3)CCC12)c1nc(N)sc1Cl. The lowest BCUT2D eigenvalue weighted by molar-refractivity contribution is -0.155. The number of rotatable bonds is 10. The number of thiazole rings is 1. The first-order chi connectivity index (χ1) is 19.3. The summed E-state index contributed by atoms with van der Waals surface area (Å²) in [6.45, 7) is 1.98. The number of carbonyl (C=O) groups is 3. The van der Waals surface area contributed by atoms with Crippen molar-refractivity contribution >= 4 is 75.1 Å². The standard InChI is InChI=1S/C24H26ClN7O5S3/c1-37-31-18(17-20(25)40-24(26)30-17)21(33)29-16-13-4-5-15(19(23(35)36)32(13)22(16)34)39-14-3-2-7-28-12(14)10-38-11-6-8-27-9-11/h2-3,7,11,13,16,27H,4-6,8-10H2,1H3,(H2,26,30)(H,29,33)(H,35,36)/b31-18-. The van der Waals surface area contributed by atoms with Crippen molar-refractivity contribution in [2.75, 3.05) is 25.9 Å². The number of nitrogens with zero attached hydrogens (tertiary/aromatic N) is 4. The molecule has 5 heterocycles. The number of carboxylic acid groups (broad SMARTS) is 1. The van der Waals surface area contributed by atoms with Crippen LogP contribution >= 0.6 is 46.5 Å². The lowest BCUT2D eigenvalue weighted by atomic mass is 9.86. The van der Waals surface area contributed by atoms with Gasteiger partial charge in [0.2, 0.25) is 0 Å². The van der Waals surface area contributed by atoms with Gasteiger partial charge in [0.05, 0.1) is 11.7 Å². The maximum absolute atomic E-state index is 13.2. The smallest absolute Gasteiger partial charge is 0.353 e. The van der Waals surface area contributed by atoms with Crippen LogP contribution in [0.25, 0.3) is 0 Å². The molecule has 2 amide bonds. The van der Waals surface area contributed by atoms with Gasteiger partial charge < -0.3 is 26.3 Å². The minimum atomic E-state index is -1.20. The molecule has 3 atom stereocenters. The van der Waals surface area contributed by atoms with Gasteiger partial charge >= 0.3 is 5.97 Å². The molecular weight excluding hydrogens is 598 g/mol. The van der Waals surface area contributed by atoms with E-state index in [1.165, 1.54) is 23.8 Å². The quantitative estimate of drug-likeness (QED) is 0.174. The fourth-order valence-electron chi connectivity index (χ4n) is 4.81. The van der Waals surface area contributed by atoms with E-state index in [2.05, 4.69) is 25.8 Å². The van der Waals surface area contributed by atoms with Crippen LogP contribution in [0.3, 0.4) is 0 Å². The second kappa shape index (κ2) is 12.3. The number of thioether (sulfide) groups is 2. The average molecular weight is 624 g/mol. The highest BCUT2D eigenvalue weighted by Crippen LogP contribution is 2.44. The van der Waals surface area contributed by atoms with E-state index >= 15 is 0 Å². The molecular formula is C24H26ClN7O5S3. The summed E-state index contributed by atoms with van der Waals surface area (Å²) < 4.78 is 0.147. The number of aliphatic carboxylic acids is 1. The van der Waals surface area contributed by atoms with Crippen LogP contribution in [-0.4, -0.2) is 81.0 Å². The Balaban J connectivity index is 1.32. The molecule has 212 valence electrons. The number of nitrogens with one attached hydrogen (secondary N) is 2. The monoisotopic (exact) mass is 623 g/mol. The number of nitrogens with two attached hydrogens (primary N) is 1. The van der Waals surface area contributed by atoms with Gasteiger partial charge in [-0.1, -0.05) is 39.9 Å². The summed E-state index contributed by atoms with van der Waals surface area (Å²) in [5.41, 5.74) is 6.31. The molecule has 3 unspecified atom stereocenters. The van der Waals surface area contributed by atoms with Gasteiger partial charge in [0.1, 0.15) is 28.9 Å². The van der Waals surface area contributed by atoms with Gasteiger partial charge in [0.25, 0.3) is 11.8 Å². The number of allylic oxidation sites excluding steroid dienone is 1. The number of halogens is 1.